The van der Waals surface area contributed by atoms with E-state index >= 15 is 0 Å². The van der Waals surface area contributed by atoms with Gasteiger partial charge >= 0.3 is 0 Å². The summed E-state index contributed by atoms with van der Waals surface area (Å²) in [5, 5.41) is 2.43. The van der Waals surface area contributed by atoms with Gasteiger partial charge in [-0.3, -0.25) is 9.55 Å². The zero-order chi connectivity index (χ0) is 24.0. The van der Waals surface area contributed by atoms with Crippen LogP contribution in [-0.4, -0.2) is 14.5 Å². The minimum Gasteiger partial charge on any atom is -0.294 e. The van der Waals surface area contributed by atoms with Gasteiger partial charge in [0.05, 0.1) is 18.1 Å². The molecule has 164 valence electrons. The summed E-state index contributed by atoms with van der Waals surface area (Å²) in [6.07, 6.45) is 2.13. The van der Waals surface area contributed by atoms with E-state index in [1.54, 1.807) is 6.07 Å². The smallest absolute Gasteiger partial charge is 0.137 e. The Morgan fingerprint density at radius 3 is 2.32 bits per heavy atom. The van der Waals surface area contributed by atoms with Gasteiger partial charge in [0.2, 0.25) is 0 Å². The van der Waals surface area contributed by atoms with Gasteiger partial charge in [-0.15, -0.1) is 0 Å². The van der Waals surface area contributed by atoms with E-state index in [1.165, 1.54) is 16.3 Å². The molecule has 3 heteroatoms. The van der Waals surface area contributed by atoms with Crippen molar-refractivity contribution in [1.82, 2.24) is 14.5 Å². The van der Waals surface area contributed by atoms with Gasteiger partial charge in [-0.2, -0.15) is 0 Å². The van der Waals surface area contributed by atoms with E-state index in [4.69, 9.17) is 1.37 Å². The molecule has 0 aliphatic carbocycles. The lowest BCUT2D eigenvalue weighted by Crippen LogP contribution is -2.20. The monoisotopic (exact) mass is 440 g/mol. The lowest BCUT2D eigenvalue weighted by molar-refractivity contribution is 0.617. The Hall–Kier alpha value is -4.24. The third-order valence-electron chi connectivity index (χ3n) is 6.72. The molecule has 3 aromatic carbocycles. The van der Waals surface area contributed by atoms with Gasteiger partial charge in [0.15, 0.2) is 0 Å². The van der Waals surface area contributed by atoms with Crippen molar-refractivity contribution in [3.63, 3.8) is 0 Å². The molecular weight excluding hydrogens is 414 g/mol. The largest absolute Gasteiger partial charge is 0.294 e. The van der Waals surface area contributed by atoms with Crippen LogP contribution in [0.25, 0.3) is 38.8 Å². The summed E-state index contributed by atoms with van der Waals surface area (Å²) in [5.41, 5.74) is 6.33. The van der Waals surface area contributed by atoms with Gasteiger partial charge in [0.1, 0.15) is 5.82 Å². The summed E-state index contributed by atoms with van der Waals surface area (Å²) >= 11 is 0. The maximum atomic E-state index is 7.95. The first kappa shape index (κ1) is 19.2. The number of para-hydroxylation sites is 1. The number of nitrogens with zero attached hydrogens (tertiary/aromatic N) is 3. The Labute approximate surface area is 200 Å². The minimum atomic E-state index is -0.319. The van der Waals surface area contributed by atoms with E-state index < -0.39 is 0 Å². The predicted octanol–water partition coefficient (Wildman–Crippen LogP) is 7.57. The van der Waals surface area contributed by atoms with Crippen molar-refractivity contribution in [1.29, 1.82) is 0 Å². The lowest BCUT2D eigenvalue weighted by Gasteiger charge is -2.25. The molecule has 6 rings (SSSR count). The molecule has 6 aromatic rings. The van der Waals surface area contributed by atoms with Crippen molar-refractivity contribution in [2.45, 2.75) is 19.3 Å². The van der Waals surface area contributed by atoms with Gasteiger partial charge in [-0.05, 0) is 53.1 Å². The van der Waals surface area contributed by atoms with Crippen molar-refractivity contribution in [2.24, 2.45) is 0 Å². The highest BCUT2D eigenvalue weighted by atomic mass is 15.1. The zero-order valence-electron chi connectivity index (χ0n) is 20.2. The quantitative estimate of drug-likeness (QED) is 0.283. The summed E-state index contributed by atoms with van der Waals surface area (Å²) in [5.74, 6) is 0.909. The maximum Gasteiger partial charge on any atom is 0.137 e. The highest BCUT2D eigenvalue weighted by Gasteiger charge is 2.24. The average Bonchev–Trinajstić information content (AvgIpc) is 3.23. The molecule has 0 bridgehead atoms. The Morgan fingerprint density at radius 2 is 1.47 bits per heavy atom. The van der Waals surface area contributed by atoms with Crippen LogP contribution in [0.5, 0.6) is 0 Å². The molecule has 0 unspecified atom stereocenters. The van der Waals surface area contributed by atoms with Crippen LogP contribution in [0.1, 0.15) is 26.5 Å². The third-order valence-corrected chi connectivity index (χ3v) is 6.72. The predicted molar refractivity (Wildman–Crippen MR) is 140 cm³/mol. The van der Waals surface area contributed by atoms with Crippen LogP contribution in [0.2, 0.25) is 0 Å². The van der Waals surface area contributed by atoms with Gasteiger partial charge < -0.3 is 0 Å². The molecule has 0 atom stereocenters. The number of hydrogen-bond donors (Lipinski definition) is 0. The van der Waals surface area contributed by atoms with Crippen molar-refractivity contribution < 1.29 is 1.37 Å². The molecule has 0 amide bonds. The first-order chi connectivity index (χ1) is 17.0. The summed E-state index contributed by atoms with van der Waals surface area (Å²) in [6, 6.07) is 35.5. The van der Waals surface area contributed by atoms with Gasteiger partial charge in [-0.1, -0.05) is 80.6 Å². The molecule has 0 fully saturated rings. The number of rotatable bonds is 4. The number of fused-ring (bicyclic) bond motifs is 3. The summed E-state index contributed by atoms with van der Waals surface area (Å²) < 4.78 is 10.2. The van der Waals surface area contributed by atoms with Crippen LogP contribution in [-0.2, 0) is 5.41 Å². The molecule has 0 saturated carbocycles. The average molecular weight is 441 g/mol. The van der Waals surface area contributed by atoms with E-state index in [2.05, 4.69) is 101 Å². The number of pyridine rings is 2. The van der Waals surface area contributed by atoms with Gasteiger partial charge in [0.25, 0.3) is 0 Å². The van der Waals surface area contributed by atoms with E-state index in [-0.39, 0.29) is 5.41 Å². The first-order valence-corrected chi connectivity index (χ1v) is 11.5. The molecule has 3 nitrogen and oxygen atoms in total. The van der Waals surface area contributed by atoms with Crippen LogP contribution in [0, 0.1) is 0 Å². The molecular formula is C31H25N3. The Bertz CT molecular complexity index is 1680. The molecule has 0 saturated heterocycles. The molecule has 0 N–H and O–H groups in total. The molecule has 0 aliphatic heterocycles. The fourth-order valence-electron chi connectivity index (χ4n) is 4.79. The van der Waals surface area contributed by atoms with Crippen molar-refractivity contribution in [3.8, 4) is 16.9 Å². The topological polar surface area (TPSA) is 30.7 Å². The van der Waals surface area contributed by atoms with E-state index in [9.17, 15) is 0 Å². The summed E-state index contributed by atoms with van der Waals surface area (Å²) in [7, 11) is 0. The van der Waals surface area contributed by atoms with Crippen LogP contribution in [0.15, 0.2) is 115 Å². The molecule has 0 radical (unpaired) electrons. The first-order valence-electron chi connectivity index (χ1n) is 12.0. The lowest BCUT2D eigenvalue weighted by atomic mass is 9.80. The standard InChI is InChI=1S/C31H25N3/c1-31(2,29-14-5-7-18-32-29)24-11-9-10-22(20-24)23-16-17-26-25-12-3-4-13-27(25)34(28(26)21-23)30-15-6-8-19-33-30/h3-21H,1-2H3/i18D. The highest BCUT2D eigenvalue weighted by Crippen LogP contribution is 2.36. The molecule has 3 aromatic heterocycles. The fourth-order valence-corrected chi connectivity index (χ4v) is 4.79. The van der Waals surface area contributed by atoms with Gasteiger partial charge in [-0.25, -0.2) is 4.98 Å². The maximum absolute atomic E-state index is 7.95. The second-order valence-corrected chi connectivity index (χ2v) is 9.13. The Kier molecular flexibility index (Phi) is 4.51. The normalized spacial score (nSPS) is 12.2. The minimum absolute atomic E-state index is 0.291. The molecule has 3 heterocycles. The Balaban J connectivity index is 1.52. The summed E-state index contributed by atoms with van der Waals surface area (Å²) in [4.78, 5) is 9.14. The molecule has 34 heavy (non-hydrogen) atoms. The SMILES string of the molecule is [2H]c1cccc(C(C)(C)c2cccc(-c3ccc4c5ccccc5n(-c5ccccn5)c4c3)c2)n1. The second kappa shape index (κ2) is 7.96. The molecule has 0 aliphatic rings. The van der Waals surface area contributed by atoms with Crippen molar-refractivity contribution in [2.75, 3.05) is 0 Å². The van der Waals surface area contributed by atoms with Crippen molar-refractivity contribution >= 4 is 21.8 Å². The zero-order valence-corrected chi connectivity index (χ0v) is 19.2. The second-order valence-electron chi connectivity index (χ2n) is 9.13. The molecule has 0 spiro atoms. The van der Waals surface area contributed by atoms with Crippen LogP contribution < -0.4 is 0 Å². The van der Waals surface area contributed by atoms with E-state index in [0.29, 0.717) is 6.17 Å². The fraction of sp³-hybridized carbons (Fsp3) is 0.0968. The Morgan fingerprint density at radius 1 is 0.676 bits per heavy atom. The third kappa shape index (κ3) is 3.29. The van der Waals surface area contributed by atoms with Gasteiger partial charge in [0, 0.05) is 28.6 Å². The number of hydrogen-bond acceptors (Lipinski definition) is 2. The van der Waals surface area contributed by atoms with E-state index in [0.717, 1.165) is 33.7 Å². The number of aromatic nitrogens is 3. The van der Waals surface area contributed by atoms with Crippen molar-refractivity contribution in [3.05, 3.63) is 127 Å². The van der Waals surface area contributed by atoms with Crippen LogP contribution >= 0.6 is 0 Å². The van der Waals surface area contributed by atoms with Crippen LogP contribution in [0.3, 0.4) is 0 Å². The van der Waals surface area contributed by atoms with Crippen LogP contribution in [0.4, 0.5) is 0 Å². The summed E-state index contributed by atoms with van der Waals surface area (Å²) in [6.45, 7) is 4.33. The van der Waals surface area contributed by atoms with E-state index in [1.807, 2.05) is 30.5 Å². The highest BCUT2D eigenvalue weighted by molar-refractivity contribution is 6.10. The number of benzene rings is 3.